The summed E-state index contributed by atoms with van der Waals surface area (Å²) >= 11 is 0. The molecule has 2 fully saturated rings. The zero-order valence-corrected chi connectivity index (χ0v) is 40.5. The smallest absolute Gasteiger partial charge is 0.308 e. The van der Waals surface area contributed by atoms with Crippen molar-refractivity contribution in [3.8, 4) is 0 Å². The lowest BCUT2D eigenvalue weighted by Crippen LogP contribution is -2.61. The van der Waals surface area contributed by atoms with Crippen LogP contribution >= 0.6 is 0 Å². The van der Waals surface area contributed by atoms with Crippen LogP contribution in [0.5, 0.6) is 0 Å². The Morgan fingerprint density at radius 1 is 0.643 bits per heavy atom. The van der Waals surface area contributed by atoms with E-state index in [4.69, 9.17) is 24.7 Å². The fraction of sp³-hybridized carbons (Fsp3) is 0.585. The molecule has 17 heteroatoms. The molecule has 2 saturated heterocycles. The van der Waals surface area contributed by atoms with E-state index < -0.39 is 147 Å². The molecule has 0 aromatic heterocycles. The number of esters is 1. The number of rotatable bonds is 4. The summed E-state index contributed by atoms with van der Waals surface area (Å²) < 4.78 is 23.8. The maximum Gasteiger partial charge on any atom is 0.308 e. The molecule has 1 aromatic carbocycles. The number of hydrogen-bond donors (Lipinski definition) is 11. The molecule has 0 saturated carbocycles. The summed E-state index contributed by atoms with van der Waals surface area (Å²) in [5.41, 5.74) is 6.38. The van der Waals surface area contributed by atoms with Crippen LogP contribution in [0.4, 0.5) is 0 Å². The minimum Gasteiger partial charge on any atom is -0.462 e. The van der Waals surface area contributed by atoms with Crippen LogP contribution in [0.15, 0.2) is 115 Å². The van der Waals surface area contributed by atoms with Crippen molar-refractivity contribution in [1.82, 2.24) is 0 Å². The van der Waals surface area contributed by atoms with E-state index in [2.05, 4.69) is 0 Å². The average Bonchev–Trinajstić information content (AvgIpc) is 3.30. The highest BCUT2D eigenvalue weighted by Crippen LogP contribution is 2.39. The number of allylic oxidation sites excluding steroid dienone is 12. The number of benzene rings is 1. The van der Waals surface area contributed by atoms with Gasteiger partial charge in [-0.05, 0) is 33.1 Å². The number of Topliss-reactive ketones (excluding diaryl/α,β-unsaturated/α-hetero) is 1. The van der Waals surface area contributed by atoms with Crippen molar-refractivity contribution in [3.05, 3.63) is 121 Å². The van der Waals surface area contributed by atoms with E-state index in [0.717, 1.165) is 0 Å². The Bertz CT molecular complexity index is 1950. The zero-order valence-electron chi connectivity index (χ0n) is 40.5. The summed E-state index contributed by atoms with van der Waals surface area (Å²) in [6.45, 7) is 6.81. The van der Waals surface area contributed by atoms with Gasteiger partial charge in [-0.15, -0.1) is 0 Å². The van der Waals surface area contributed by atoms with Crippen molar-refractivity contribution in [2.24, 2.45) is 23.5 Å². The lowest BCUT2D eigenvalue weighted by molar-refractivity contribution is -0.305. The van der Waals surface area contributed by atoms with E-state index in [9.17, 15) is 60.7 Å². The second-order valence-corrected chi connectivity index (χ2v) is 19.0. The second-order valence-electron chi connectivity index (χ2n) is 19.0. The Hall–Kier alpha value is -4.02. The number of ether oxygens (including phenoxy) is 4. The van der Waals surface area contributed by atoms with Crippen molar-refractivity contribution < 1.29 is 79.6 Å². The average molecular weight is 984 g/mol. The summed E-state index contributed by atoms with van der Waals surface area (Å²) in [6.07, 6.45) is 4.86. The molecule has 3 heterocycles. The van der Waals surface area contributed by atoms with Crippen LogP contribution in [0.3, 0.4) is 0 Å². The van der Waals surface area contributed by atoms with Crippen molar-refractivity contribution in [3.63, 3.8) is 0 Å². The molecule has 0 aliphatic carbocycles. The third kappa shape index (κ3) is 18.5. The first-order chi connectivity index (χ1) is 33.2. The highest BCUT2D eigenvalue weighted by atomic mass is 16.7. The van der Waals surface area contributed by atoms with Crippen molar-refractivity contribution >= 4 is 11.8 Å². The van der Waals surface area contributed by atoms with E-state index in [-0.39, 0.29) is 37.2 Å². The predicted octanol–water partition coefficient (Wildman–Crippen LogP) is 2.51. The monoisotopic (exact) mass is 984 g/mol. The molecule has 0 radical (unpaired) electrons. The standard InChI is InChI=1S/C53H77NO16/c1-32-20-16-13-11-9-7-5-6-8-10-12-14-19-23-40(69-52-51(65)47(54)49(63)35(4)68-52)29-44-46(50(64)36-21-17-15-18-22-36)43(60)31-53(66,70-44)30-39(57)27-42(59)41(58)25-24-37(55)26-38(56)28-45(61)67-34(3)33(2)48(32)62/h5-23,32-35,37-44,46-49,51-52,55-60,62-63,65-66H,24-31,54H2,1-4H3/b6-5+,9-7+,10-8+,13-11+,14-12+,20-16+,23-19+/t32-,33-,34-,35+,37+,38+,39-,40-,41+,42+,43-,44-,46+,47-,48+,49+,51-,52-,53+/m0/s1. The topological polar surface area (TPSA) is 299 Å². The number of cyclic esters (lactones) is 1. The van der Waals surface area contributed by atoms with Crippen LogP contribution in [-0.4, -0.2) is 160 Å². The number of carbonyl (C=O) groups excluding carboxylic acids is 2. The van der Waals surface area contributed by atoms with Crippen molar-refractivity contribution in [1.29, 1.82) is 0 Å². The molecular weight excluding hydrogens is 907 g/mol. The van der Waals surface area contributed by atoms with Gasteiger partial charge in [0.1, 0.15) is 12.2 Å². The summed E-state index contributed by atoms with van der Waals surface area (Å²) in [5, 5.41) is 110. The first-order valence-electron chi connectivity index (χ1n) is 24.3. The van der Waals surface area contributed by atoms with Gasteiger partial charge < -0.3 is 75.7 Å². The van der Waals surface area contributed by atoms with Gasteiger partial charge in [0.2, 0.25) is 0 Å². The Balaban J connectivity index is 1.61. The number of carbonyl (C=O) groups is 2. The van der Waals surface area contributed by atoms with E-state index >= 15 is 0 Å². The fourth-order valence-corrected chi connectivity index (χ4v) is 8.78. The van der Waals surface area contributed by atoms with Gasteiger partial charge in [-0.3, -0.25) is 9.59 Å². The number of hydrogen-bond acceptors (Lipinski definition) is 17. The third-order valence-electron chi connectivity index (χ3n) is 13.1. The van der Waals surface area contributed by atoms with Crippen LogP contribution in [0.2, 0.25) is 0 Å². The Kier molecular flexibility index (Phi) is 24.2. The molecule has 1 aromatic rings. The molecule has 19 atom stereocenters. The van der Waals surface area contributed by atoms with Gasteiger partial charge in [0.25, 0.3) is 0 Å². The first kappa shape index (κ1) is 58.5. The maximum absolute atomic E-state index is 14.1. The van der Waals surface area contributed by atoms with E-state index in [1.807, 2.05) is 49.5 Å². The highest BCUT2D eigenvalue weighted by Gasteiger charge is 2.51. The van der Waals surface area contributed by atoms with Crippen molar-refractivity contribution in [2.75, 3.05) is 0 Å². The molecule has 390 valence electrons. The third-order valence-corrected chi connectivity index (χ3v) is 13.1. The number of aliphatic hydroxyl groups excluding tert-OH is 9. The molecule has 12 N–H and O–H groups in total. The minimum atomic E-state index is -2.27. The van der Waals surface area contributed by atoms with E-state index in [0.29, 0.717) is 0 Å². The summed E-state index contributed by atoms with van der Waals surface area (Å²) in [4.78, 5) is 26.8. The molecule has 70 heavy (non-hydrogen) atoms. The van der Waals surface area contributed by atoms with E-state index in [1.54, 1.807) is 93.6 Å². The van der Waals surface area contributed by atoms with Gasteiger partial charge in [-0.25, -0.2) is 0 Å². The summed E-state index contributed by atoms with van der Waals surface area (Å²) in [5.74, 6) is -5.47. The minimum absolute atomic E-state index is 0.0930. The SMILES string of the molecule is C[C@@H]1[C@H](O)[C@@H](C)/C=C/C=C/C=C/C=C/C=C/C=C/C=C/[C@H](O[C@@H]2O[C@H](C)[C@@H](O)[C@H](N)[C@@H]2O)C[C@@H]2O[C@](O)(C[C@@H](O)C[C@@H](O)[C@H](O)CC[C@@H](O)C[C@@H](O)CC(=O)O[C@H]1C)C[C@H](O)[C@H]2C(=O)c1ccccc1. The molecular formula is C53H77NO16. The zero-order chi connectivity index (χ0) is 51.5. The van der Waals surface area contributed by atoms with Gasteiger partial charge in [0, 0.05) is 43.1 Å². The quantitative estimate of drug-likeness (QED) is 0.153. The molecule has 3 aliphatic heterocycles. The van der Waals surface area contributed by atoms with Crippen LogP contribution in [0, 0.1) is 17.8 Å². The van der Waals surface area contributed by atoms with Gasteiger partial charge in [0.05, 0.1) is 85.5 Å². The molecule has 0 spiro atoms. The lowest BCUT2D eigenvalue weighted by Gasteiger charge is -2.46. The molecule has 0 unspecified atom stereocenters. The van der Waals surface area contributed by atoms with Crippen molar-refractivity contribution in [2.45, 2.75) is 177 Å². The molecule has 17 nitrogen and oxygen atoms in total. The van der Waals surface area contributed by atoms with Crippen LogP contribution in [-0.2, 0) is 23.7 Å². The second kappa shape index (κ2) is 28.9. The molecule has 3 aliphatic rings. The van der Waals surface area contributed by atoms with E-state index in [1.165, 1.54) is 0 Å². The van der Waals surface area contributed by atoms with Crippen LogP contribution in [0.1, 0.15) is 89.4 Å². The Morgan fingerprint density at radius 2 is 1.23 bits per heavy atom. The van der Waals surface area contributed by atoms with Crippen LogP contribution < -0.4 is 5.73 Å². The Labute approximate surface area is 411 Å². The summed E-state index contributed by atoms with van der Waals surface area (Å²) in [6, 6.07) is 7.06. The largest absolute Gasteiger partial charge is 0.462 e. The first-order valence-corrected chi connectivity index (χ1v) is 24.3. The summed E-state index contributed by atoms with van der Waals surface area (Å²) in [7, 11) is 0. The van der Waals surface area contributed by atoms with Gasteiger partial charge in [0.15, 0.2) is 17.9 Å². The highest BCUT2D eigenvalue weighted by molar-refractivity contribution is 5.98. The molecule has 4 rings (SSSR count). The molecule has 2 bridgehead atoms. The number of nitrogens with two attached hydrogens (primary N) is 1. The lowest BCUT2D eigenvalue weighted by atomic mass is 9.78. The normalized spacial score (nSPS) is 43.0. The maximum atomic E-state index is 14.1. The predicted molar refractivity (Wildman–Crippen MR) is 260 cm³/mol. The van der Waals surface area contributed by atoms with Gasteiger partial charge in [-0.1, -0.05) is 129 Å². The van der Waals surface area contributed by atoms with Crippen LogP contribution in [0.25, 0.3) is 0 Å². The Morgan fingerprint density at radius 3 is 1.84 bits per heavy atom. The molecule has 0 amide bonds. The number of aliphatic hydroxyl groups is 10. The fourth-order valence-electron chi connectivity index (χ4n) is 8.78. The number of ketones is 1. The number of fused-ring (bicyclic) bond motifs is 2. The van der Waals surface area contributed by atoms with Gasteiger partial charge >= 0.3 is 5.97 Å². The van der Waals surface area contributed by atoms with Gasteiger partial charge in [-0.2, -0.15) is 0 Å².